The Morgan fingerprint density at radius 2 is 2.18 bits per heavy atom. The van der Waals surface area contributed by atoms with E-state index < -0.39 is 5.60 Å². The zero-order valence-corrected chi connectivity index (χ0v) is 11.1. The van der Waals surface area contributed by atoms with E-state index in [0.29, 0.717) is 19.7 Å². The predicted octanol–water partition coefficient (Wildman–Crippen LogP) is 1.36. The molecule has 0 aromatic rings. The van der Waals surface area contributed by atoms with Crippen LogP contribution in [0.25, 0.3) is 0 Å². The quantitative estimate of drug-likeness (QED) is 0.814. The normalized spacial score (nSPS) is 21.4. The van der Waals surface area contributed by atoms with Crippen molar-refractivity contribution < 1.29 is 14.3 Å². The van der Waals surface area contributed by atoms with Gasteiger partial charge in [0.25, 0.3) is 0 Å². The molecular formula is C12H24N2O3. The van der Waals surface area contributed by atoms with E-state index in [0.717, 1.165) is 19.4 Å². The van der Waals surface area contributed by atoms with Crippen molar-refractivity contribution in [2.45, 2.75) is 45.3 Å². The monoisotopic (exact) mass is 244 g/mol. The number of hydrogen-bond donors (Lipinski definition) is 1. The Bertz CT molecular complexity index is 251. The first-order chi connectivity index (χ1) is 7.92. The molecule has 5 nitrogen and oxygen atoms in total. The van der Waals surface area contributed by atoms with E-state index in [-0.39, 0.29) is 12.2 Å². The largest absolute Gasteiger partial charge is 0.444 e. The van der Waals surface area contributed by atoms with Gasteiger partial charge in [-0.3, -0.25) is 0 Å². The second kappa shape index (κ2) is 6.21. The van der Waals surface area contributed by atoms with Crippen molar-refractivity contribution in [3.8, 4) is 0 Å². The maximum absolute atomic E-state index is 11.9. The molecule has 1 fully saturated rings. The van der Waals surface area contributed by atoms with E-state index in [1.54, 1.807) is 4.90 Å². The Kier molecular flexibility index (Phi) is 5.21. The van der Waals surface area contributed by atoms with Crippen molar-refractivity contribution in [1.29, 1.82) is 0 Å². The van der Waals surface area contributed by atoms with Crippen LogP contribution in [0.4, 0.5) is 4.79 Å². The lowest BCUT2D eigenvalue weighted by Crippen LogP contribution is -2.45. The summed E-state index contributed by atoms with van der Waals surface area (Å²) in [7, 11) is 0. The van der Waals surface area contributed by atoms with Gasteiger partial charge in [0.2, 0.25) is 0 Å². The minimum absolute atomic E-state index is 0.0971. The number of carbonyl (C=O) groups excluding carboxylic acids is 1. The van der Waals surface area contributed by atoms with Gasteiger partial charge < -0.3 is 20.1 Å². The Morgan fingerprint density at radius 1 is 1.47 bits per heavy atom. The van der Waals surface area contributed by atoms with Crippen LogP contribution in [-0.4, -0.2) is 48.9 Å². The molecule has 1 atom stereocenters. The van der Waals surface area contributed by atoms with Gasteiger partial charge >= 0.3 is 6.09 Å². The minimum Gasteiger partial charge on any atom is -0.444 e. The molecule has 1 aliphatic heterocycles. The number of ether oxygens (including phenoxy) is 2. The lowest BCUT2D eigenvalue weighted by Gasteiger charge is -2.33. The highest BCUT2D eigenvalue weighted by molar-refractivity contribution is 5.68. The van der Waals surface area contributed by atoms with E-state index in [1.165, 1.54) is 0 Å². The smallest absolute Gasteiger partial charge is 0.410 e. The Hall–Kier alpha value is -0.810. The molecule has 0 spiro atoms. The molecule has 5 heteroatoms. The highest BCUT2D eigenvalue weighted by atomic mass is 16.6. The van der Waals surface area contributed by atoms with E-state index in [1.807, 2.05) is 20.8 Å². The van der Waals surface area contributed by atoms with Gasteiger partial charge in [0.05, 0.1) is 19.3 Å². The summed E-state index contributed by atoms with van der Waals surface area (Å²) in [6, 6.07) is 0. The van der Waals surface area contributed by atoms with Crippen LogP contribution in [0.2, 0.25) is 0 Å². The third kappa shape index (κ3) is 5.37. The molecule has 0 saturated carbocycles. The maximum Gasteiger partial charge on any atom is 0.410 e. The van der Waals surface area contributed by atoms with Crippen molar-refractivity contribution in [3.63, 3.8) is 0 Å². The summed E-state index contributed by atoms with van der Waals surface area (Å²) in [5.41, 5.74) is 4.95. The second-order valence-electron chi connectivity index (χ2n) is 5.35. The molecule has 0 bridgehead atoms. The van der Waals surface area contributed by atoms with Gasteiger partial charge in [-0.25, -0.2) is 4.79 Å². The summed E-state index contributed by atoms with van der Waals surface area (Å²) in [4.78, 5) is 13.6. The van der Waals surface area contributed by atoms with Crippen LogP contribution in [-0.2, 0) is 9.47 Å². The molecule has 1 aliphatic rings. The topological polar surface area (TPSA) is 64.8 Å². The number of likely N-dealkylation sites (tertiary alicyclic amines) is 1. The van der Waals surface area contributed by atoms with Gasteiger partial charge in [-0.05, 0) is 33.6 Å². The van der Waals surface area contributed by atoms with E-state index in [2.05, 4.69) is 0 Å². The average molecular weight is 244 g/mol. The molecule has 1 rings (SSSR count). The summed E-state index contributed by atoms with van der Waals surface area (Å²) >= 11 is 0. The third-order valence-corrected chi connectivity index (χ3v) is 2.50. The van der Waals surface area contributed by atoms with Gasteiger partial charge in [-0.1, -0.05) is 0 Å². The zero-order valence-electron chi connectivity index (χ0n) is 11.1. The van der Waals surface area contributed by atoms with Crippen molar-refractivity contribution in [2.24, 2.45) is 5.73 Å². The Morgan fingerprint density at radius 3 is 2.76 bits per heavy atom. The number of piperidine rings is 1. The predicted molar refractivity (Wildman–Crippen MR) is 65.8 cm³/mol. The molecule has 100 valence electrons. The molecule has 1 heterocycles. The fourth-order valence-corrected chi connectivity index (χ4v) is 1.80. The van der Waals surface area contributed by atoms with Crippen LogP contribution < -0.4 is 5.73 Å². The van der Waals surface area contributed by atoms with Gasteiger partial charge in [0, 0.05) is 13.1 Å². The number of nitrogens with two attached hydrogens (primary N) is 1. The first-order valence-electron chi connectivity index (χ1n) is 6.22. The fraction of sp³-hybridized carbons (Fsp3) is 0.917. The summed E-state index contributed by atoms with van der Waals surface area (Å²) in [6.07, 6.45) is 1.78. The first kappa shape index (κ1) is 14.3. The molecule has 17 heavy (non-hydrogen) atoms. The number of rotatable bonds is 3. The maximum atomic E-state index is 11.9. The average Bonchev–Trinajstić information content (AvgIpc) is 2.24. The van der Waals surface area contributed by atoms with Crippen molar-refractivity contribution >= 4 is 6.09 Å². The molecule has 1 saturated heterocycles. The molecule has 1 amide bonds. The fourth-order valence-electron chi connectivity index (χ4n) is 1.80. The van der Waals surface area contributed by atoms with E-state index >= 15 is 0 Å². The van der Waals surface area contributed by atoms with Crippen LogP contribution in [0.3, 0.4) is 0 Å². The highest BCUT2D eigenvalue weighted by Crippen LogP contribution is 2.16. The van der Waals surface area contributed by atoms with E-state index in [9.17, 15) is 4.79 Å². The second-order valence-corrected chi connectivity index (χ2v) is 5.35. The van der Waals surface area contributed by atoms with Crippen LogP contribution in [0.1, 0.15) is 33.6 Å². The minimum atomic E-state index is -0.442. The number of hydrogen-bond acceptors (Lipinski definition) is 4. The molecule has 2 N–H and O–H groups in total. The van der Waals surface area contributed by atoms with Crippen LogP contribution >= 0.6 is 0 Å². The lowest BCUT2D eigenvalue weighted by atomic mass is 10.1. The lowest BCUT2D eigenvalue weighted by molar-refractivity contribution is -0.0182. The van der Waals surface area contributed by atoms with Crippen LogP contribution in [0, 0.1) is 0 Å². The molecule has 1 unspecified atom stereocenters. The molecular weight excluding hydrogens is 220 g/mol. The first-order valence-corrected chi connectivity index (χ1v) is 6.22. The Labute approximate surface area is 103 Å². The summed E-state index contributed by atoms with van der Waals surface area (Å²) in [5.74, 6) is 0. The van der Waals surface area contributed by atoms with Gasteiger partial charge in [-0.15, -0.1) is 0 Å². The Balaban J connectivity index is 2.40. The molecule has 0 radical (unpaired) electrons. The molecule has 0 aliphatic carbocycles. The van der Waals surface area contributed by atoms with Gasteiger partial charge in [0.15, 0.2) is 0 Å². The van der Waals surface area contributed by atoms with Crippen molar-refractivity contribution in [3.05, 3.63) is 0 Å². The van der Waals surface area contributed by atoms with Crippen LogP contribution in [0.5, 0.6) is 0 Å². The van der Waals surface area contributed by atoms with E-state index in [4.69, 9.17) is 15.2 Å². The van der Waals surface area contributed by atoms with Crippen molar-refractivity contribution in [1.82, 2.24) is 4.90 Å². The van der Waals surface area contributed by atoms with Crippen LogP contribution in [0.15, 0.2) is 0 Å². The third-order valence-electron chi connectivity index (χ3n) is 2.50. The number of nitrogens with zero attached hydrogens (tertiary/aromatic N) is 1. The van der Waals surface area contributed by atoms with Crippen molar-refractivity contribution in [2.75, 3.05) is 26.2 Å². The summed E-state index contributed by atoms with van der Waals surface area (Å²) in [6.45, 7) is 8.04. The molecule has 0 aromatic heterocycles. The van der Waals surface area contributed by atoms with Gasteiger partial charge in [0.1, 0.15) is 5.60 Å². The summed E-state index contributed by atoms with van der Waals surface area (Å²) < 4.78 is 10.9. The highest BCUT2D eigenvalue weighted by Gasteiger charge is 2.27. The summed E-state index contributed by atoms with van der Waals surface area (Å²) in [5, 5.41) is 0. The number of amides is 1. The SMILES string of the molecule is CC(C)(C)OC(=O)N1CCCC(OCCN)C1. The molecule has 0 aromatic carbocycles. The zero-order chi connectivity index (χ0) is 12.9. The number of carbonyl (C=O) groups is 1. The standard InChI is InChI=1S/C12H24N2O3/c1-12(2,3)17-11(15)14-7-4-5-10(9-14)16-8-6-13/h10H,4-9,13H2,1-3H3. The van der Waals surface area contributed by atoms with Gasteiger partial charge in [-0.2, -0.15) is 0 Å².